The summed E-state index contributed by atoms with van der Waals surface area (Å²) >= 11 is 0. The minimum absolute atomic E-state index is 0.137. The number of esters is 1. The number of fused-ring (bicyclic) bond motifs is 1. The number of nitrogens with two attached hydrogens (primary N) is 1. The Morgan fingerprint density at radius 3 is 2.78 bits per heavy atom. The molecule has 0 amide bonds. The van der Waals surface area contributed by atoms with Crippen LogP contribution in [0, 0.1) is 0 Å². The van der Waals surface area contributed by atoms with Crippen LogP contribution in [0.2, 0.25) is 0 Å². The van der Waals surface area contributed by atoms with E-state index in [1.807, 2.05) is 6.92 Å². The van der Waals surface area contributed by atoms with Crippen molar-refractivity contribution in [3.05, 3.63) is 17.7 Å². The zero-order valence-corrected chi connectivity index (χ0v) is 10.1. The first-order chi connectivity index (χ1) is 8.72. The van der Waals surface area contributed by atoms with Crippen LogP contribution in [-0.4, -0.2) is 32.6 Å². The number of hydrogen-bond acceptors (Lipinski definition) is 6. The van der Waals surface area contributed by atoms with E-state index in [1.54, 1.807) is 6.07 Å². The van der Waals surface area contributed by atoms with Crippen molar-refractivity contribution in [3.8, 4) is 11.5 Å². The van der Waals surface area contributed by atoms with E-state index in [-0.39, 0.29) is 19.0 Å². The average Bonchev–Trinajstić information content (AvgIpc) is 2.80. The fourth-order valence-electron chi connectivity index (χ4n) is 1.55. The second kappa shape index (κ2) is 5.59. The second-order valence-electron chi connectivity index (χ2n) is 3.63. The largest absolute Gasteiger partial charge is 0.460 e. The molecule has 6 heteroatoms. The molecular formula is C12H15NO5. The maximum atomic E-state index is 11.8. The number of hydrogen-bond donors (Lipinski definition) is 1. The summed E-state index contributed by atoms with van der Waals surface area (Å²) in [6, 6.07) is 3.09. The highest BCUT2D eigenvalue weighted by Crippen LogP contribution is 2.36. The van der Waals surface area contributed by atoms with Crippen LogP contribution in [0.25, 0.3) is 0 Å². The van der Waals surface area contributed by atoms with Crippen LogP contribution >= 0.6 is 0 Å². The predicted octanol–water partition coefficient (Wildman–Crippen LogP) is 1.19. The normalized spacial score (nSPS) is 12.5. The van der Waals surface area contributed by atoms with Crippen molar-refractivity contribution in [1.82, 2.24) is 0 Å². The summed E-state index contributed by atoms with van der Waals surface area (Å²) in [7, 11) is 0. The Balaban J connectivity index is 2.02. The maximum absolute atomic E-state index is 11.8. The van der Waals surface area contributed by atoms with Crippen molar-refractivity contribution in [2.75, 3.05) is 32.3 Å². The summed E-state index contributed by atoms with van der Waals surface area (Å²) in [5.74, 6) is 0.546. The highest BCUT2D eigenvalue weighted by molar-refractivity contribution is 5.96. The molecule has 0 bridgehead atoms. The van der Waals surface area contributed by atoms with Crippen LogP contribution in [0.4, 0.5) is 5.69 Å². The fraction of sp³-hybridized carbons (Fsp3) is 0.417. The minimum Gasteiger partial charge on any atom is -0.460 e. The van der Waals surface area contributed by atoms with Gasteiger partial charge in [-0.3, -0.25) is 0 Å². The van der Waals surface area contributed by atoms with Crippen molar-refractivity contribution in [1.29, 1.82) is 0 Å². The van der Waals surface area contributed by atoms with Gasteiger partial charge in [0.25, 0.3) is 0 Å². The summed E-state index contributed by atoms with van der Waals surface area (Å²) < 4.78 is 20.4. The molecule has 1 aliphatic rings. The van der Waals surface area contributed by atoms with Crippen LogP contribution in [0.3, 0.4) is 0 Å². The number of carbonyl (C=O) groups excluding carboxylic acids is 1. The smallest absolute Gasteiger partial charge is 0.340 e. The fourth-order valence-corrected chi connectivity index (χ4v) is 1.55. The lowest BCUT2D eigenvalue weighted by Crippen LogP contribution is -2.12. The summed E-state index contributed by atoms with van der Waals surface area (Å²) in [5.41, 5.74) is 6.34. The third-order valence-corrected chi connectivity index (χ3v) is 2.43. The lowest BCUT2D eigenvalue weighted by molar-refractivity contribution is 0.0336. The maximum Gasteiger partial charge on any atom is 0.340 e. The Labute approximate surface area is 105 Å². The third-order valence-electron chi connectivity index (χ3n) is 2.43. The van der Waals surface area contributed by atoms with E-state index in [0.29, 0.717) is 30.4 Å². The highest BCUT2D eigenvalue weighted by Gasteiger charge is 2.20. The molecule has 0 radical (unpaired) electrons. The molecule has 0 spiro atoms. The zero-order chi connectivity index (χ0) is 13.0. The van der Waals surface area contributed by atoms with Gasteiger partial charge in [0.2, 0.25) is 6.79 Å². The molecule has 2 rings (SSSR count). The molecule has 0 saturated heterocycles. The Bertz CT molecular complexity index is 446. The Kier molecular flexibility index (Phi) is 3.88. The van der Waals surface area contributed by atoms with Gasteiger partial charge in [0.05, 0.1) is 17.9 Å². The van der Waals surface area contributed by atoms with Crippen molar-refractivity contribution in [2.45, 2.75) is 6.92 Å². The molecule has 1 aromatic carbocycles. The van der Waals surface area contributed by atoms with Crippen molar-refractivity contribution in [2.24, 2.45) is 0 Å². The van der Waals surface area contributed by atoms with Crippen LogP contribution < -0.4 is 15.2 Å². The Morgan fingerprint density at radius 1 is 1.33 bits per heavy atom. The number of anilines is 1. The van der Waals surface area contributed by atoms with Gasteiger partial charge in [-0.15, -0.1) is 0 Å². The summed E-state index contributed by atoms with van der Waals surface area (Å²) in [4.78, 5) is 11.8. The van der Waals surface area contributed by atoms with Gasteiger partial charge >= 0.3 is 5.97 Å². The first kappa shape index (κ1) is 12.5. The summed E-state index contributed by atoms with van der Waals surface area (Å²) in [6.07, 6.45) is 0. The molecule has 0 aromatic heterocycles. The van der Waals surface area contributed by atoms with Crippen LogP contribution in [0.15, 0.2) is 12.1 Å². The van der Waals surface area contributed by atoms with Gasteiger partial charge in [0, 0.05) is 18.7 Å². The molecule has 6 nitrogen and oxygen atoms in total. The first-order valence-electron chi connectivity index (χ1n) is 5.66. The minimum atomic E-state index is -0.495. The molecule has 0 atom stereocenters. The van der Waals surface area contributed by atoms with Crippen LogP contribution in [-0.2, 0) is 9.47 Å². The molecular weight excluding hydrogens is 238 g/mol. The lowest BCUT2D eigenvalue weighted by atomic mass is 10.1. The summed E-state index contributed by atoms with van der Waals surface area (Å²) in [5, 5.41) is 0. The number of nitrogen functional groups attached to an aromatic ring is 1. The molecule has 1 aliphatic heterocycles. The van der Waals surface area contributed by atoms with Crippen molar-refractivity contribution in [3.63, 3.8) is 0 Å². The molecule has 0 fully saturated rings. The standard InChI is InChI=1S/C12H15NO5/c1-2-15-3-4-16-12(14)8-5-10-11(6-9(8)13)18-7-17-10/h5-6H,2-4,7,13H2,1H3. The average molecular weight is 253 g/mol. The van der Waals surface area contributed by atoms with E-state index in [4.69, 9.17) is 24.7 Å². The highest BCUT2D eigenvalue weighted by atomic mass is 16.7. The van der Waals surface area contributed by atoms with E-state index in [1.165, 1.54) is 6.07 Å². The molecule has 0 saturated carbocycles. The Morgan fingerprint density at radius 2 is 2.06 bits per heavy atom. The van der Waals surface area contributed by atoms with Crippen molar-refractivity contribution < 1.29 is 23.7 Å². The van der Waals surface area contributed by atoms with E-state index >= 15 is 0 Å². The number of carbonyl (C=O) groups is 1. The predicted molar refractivity (Wildman–Crippen MR) is 63.8 cm³/mol. The van der Waals surface area contributed by atoms with Gasteiger partial charge in [-0.25, -0.2) is 4.79 Å². The van der Waals surface area contributed by atoms with E-state index in [2.05, 4.69) is 0 Å². The molecule has 1 heterocycles. The van der Waals surface area contributed by atoms with Gasteiger partial charge in [-0.2, -0.15) is 0 Å². The van der Waals surface area contributed by atoms with E-state index in [9.17, 15) is 4.79 Å². The third kappa shape index (κ3) is 2.65. The number of benzene rings is 1. The van der Waals surface area contributed by atoms with Gasteiger partial charge in [0.15, 0.2) is 11.5 Å². The molecule has 0 unspecified atom stereocenters. The lowest BCUT2D eigenvalue weighted by Gasteiger charge is -2.08. The SMILES string of the molecule is CCOCCOC(=O)c1cc2c(cc1N)OCO2. The van der Waals surface area contributed by atoms with Gasteiger partial charge < -0.3 is 24.7 Å². The van der Waals surface area contributed by atoms with E-state index < -0.39 is 5.97 Å². The Hall–Kier alpha value is -1.95. The van der Waals surface area contributed by atoms with Crippen molar-refractivity contribution >= 4 is 11.7 Å². The zero-order valence-electron chi connectivity index (χ0n) is 10.1. The molecule has 0 aliphatic carbocycles. The number of rotatable bonds is 5. The topological polar surface area (TPSA) is 80.0 Å². The first-order valence-corrected chi connectivity index (χ1v) is 5.66. The van der Waals surface area contributed by atoms with Gasteiger partial charge in [-0.1, -0.05) is 0 Å². The van der Waals surface area contributed by atoms with Gasteiger partial charge in [0.1, 0.15) is 6.61 Å². The van der Waals surface area contributed by atoms with Gasteiger partial charge in [-0.05, 0) is 6.92 Å². The molecule has 18 heavy (non-hydrogen) atoms. The summed E-state index contributed by atoms with van der Waals surface area (Å²) in [6.45, 7) is 3.16. The molecule has 2 N–H and O–H groups in total. The molecule has 1 aromatic rings. The quantitative estimate of drug-likeness (QED) is 0.482. The number of ether oxygens (including phenoxy) is 4. The van der Waals surface area contributed by atoms with E-state index in [0.717, 1.165) is 0 Å². The van der Waals surface area contributed by atoms with Crippen LogP contribution in [0.5, 0.6) is 11.5 Å². The second-order valence-corrected chi connectivity index (χ2v) is 3.63. The monoisotopic (exact) mass is 253 g/mol. The van der Waals surface area contributed by atoms with Crippen LogP contribution in [0.1, 0.15) is 17.3 Å². The molecule has 98 valence electrons.